The van der Waals surface area contributed by atoms with Gasteiger partial charge in [-0.1, -0.05) is 13.8 Å². The van der Waals surface area contributed by atoms with Crippen LogP contribution >= 0.6 is 0 Å². The Kier molecular flexibility index (Phi) is 2.60. The van der Waals surface area contributed by atoms with Crippen LogP contribution in [0.3, 0.4) is 0 Å². The first-order valence-corrected chi connectivity index (χ1v) is 6.50. The lowest BCUT2D eigenvalue weighted by Crippen LogP contribution is -2.47. The minimum Gasteiger partial charge on any atom is -0.321 e. The predicted molar refractivity (Wildman–Crippen MR) is 70.4 cm³/mol. The highest BCUT2D eigenvalue weighted by molar-refractivity contribution is 6.11. The van der Waals surface area contributed by atoms with Crippen molar-refractivity contribution in [2.45, 2.75) is 25.8 Å². The number of carbonyl (C=O) groups excluding carboxylic acids is 3. The predicted octanol–water partition coefficient (Wildman–Crippen LogP) is 1.19. The molecule has 1 aromatic carbocycles. The molecule has 6 nitrogen and oxygen atoms in total. The summed E-state index contributed by atoms with van der Waals surface area (Å²) >= 11 is 0. The smallest absolute Gasteiger partial charge is 0.321 e. The monoisotopic (exact) mass is 291 g/mol. The molecule has 110 valence electrons. The van der Waals surface area contributed by atoms with E-state index in [1.165, 1.54) is 12.1 Å². The third-order valence-electron chi connectivity index (χ3n) is 4.15. The molecule has 7 heteroatoms. The Morgan fingerprint density at radius 1 is 1.29 bits per heavy atom. The molecule has 2 N–H and O–H groups in total. The zero-order chi connectivity index (χ0) is 15.4. The van der Waals surface area contributed by atoms with Crippen molar-refractivity contribution in [3.8, 4) is 0 Å². The van der Waals surface area contributed by atoms with Gasteiger partial charge in [-0.05, 0) is 36.1 Å². The van der Waals surface area contributed by atoms with Crippen LogP contribution in [0.15, 0.2) is 24.3 Å². The molecule has 1 aliphatic heterocycles. The molecule has 2 fully saturated rings. The van der Waals surface area contributed by atoms with Gasteiger partial charge in [0.25, 0.3) is 11.8 Å². The maximum atomic E-state index is 12.8. The van der Waals surface area contributed by atoms with E-state index in [1.807, 2.05) is 13.8 Å². The highest BCUT2D eigenvalue weighted by atomic mass is 19.1. The fraction of sp³-hybridized carbons (Fsp3) is 0.357. The summed E-state index contributed by atoms with van der Waals surface area (Å²) in [6.07, 6.45) is 0.535. The Bertz CT molecular complexity index is 656. The number of amides is 4. The standard InChI is InChI=1S/C14H14FN3O3/c1-13(2)7-14(13)11(20)18(12(21)16-14)17-10(19)8-3-5-9(15)6-4-8/h3-6H,7H2,1-2H3,(H,16,21)(H,17,19). The molecule has 1 aromatic rings. The second kappa shape index (κ2) is 4.03. The van der Waals surface area contributed by atoms with Gasteiger partial charge in [-0.3, -0.25) is 15.0 Å². The van der Waals surface area contributed by atoms with E-state index in [1.54, 1.807) is 0 Å². The largest absolute Gasteiger partial charge is 0.344 e. The van der Waals surface area contributed by atoms with Gasteiger partial charge in [0.2, 0.25) is 0 Å². The summed E-state index contributed by atoms with van der Waals surface area (Å²) in [7, 11) is 0. The van der Waals surface area contributed by atoms with Crippen LogP contribution in [0, 0.1) is 11.2 Å². The van der Waals surface area contributed by atoms with Crippen LogP contribution in [0.1, 0.15) is 30.6 Å². The van der Waals surface area contributed by atoms with Gasteiger partial charge in [0.1, 0.15) is 11.4 Å². The number of urea groups is 1. The second-order valence-corrected chi connectivity index (χ2v) is 5.98. The van der Waals surface area contributed by atoms with E-state index in [0.717, 1.165) is 12.1 Å². The summed E-state index contributed by atoms with van der Waals surface area (Å²) in [6, 6.07) is 4.17. The maximum Gasteiger partial charge on any atom is 0.344 e. The fourth-order valence-corrected chi connectivity index (χ4v) is 2.64. The van der Waals surface area contributed by atoms with Gasteiger partial charge in [0.15, 0.2) is 0 Å². The molecule has 4 amide bonds. The number of benzene rings is 1. The van der Waals surface area contributed by atoms with Crippen LogP contribution in [0.5, 0.6) is 0 Å². The SMILES string of the molecule is CC1(C)CC12NC(=O)N(NC(=O)c1ccc(F)cc1)C2=O. The minimum absolute atomic E-state index is 0.160. The number of nitrogens with one attached hydrogen (secondary N) is 2. The molecule has 1 saturated carbocycles. The van der Waals surface area contributed by atoms with Gasteiger partial charge in [0.05, 0.1) is 0 Å². The van der Waals surface area contributed by atoms with E-state index >= 15 is 0 Å². The van der Waals surface area contributed by atoms with E-state index in [2.05, 4.69) is 10.7 Å². The average molecular weight is 291 g/mol. The van der Waals surface area contributed by atoms with E-state index in [-0.39, 0.29) is 11.0 Å². The van der Waals surface area contributed by atoms with Gasteiger partial charge in [0, 0.05) is 5.56 Å². The van der Waals surface area contributed by atoms with Crippen LogP contribution in [0.4, 0.5) is 9.18 Å². The van der Waals surface area contributed by atoms with E-state index < -0.39 is 29.2 Å². The summed E-state index contributed by atoms with van der Waals surface area (Å²) in [5.74, 6) is -1.58. The Balaban J connectivity index is 1.77. The molecule has 0 aromatic heterocycles. The van der Waals surface area contributed by atoms with Crippen molar-refractivity contribution in [2.24, 2.45) is 5.41 Å². The van der Waals surface area contributed by atoms with Crippen LogP contribution in [-0.4, -0.2) is 28.4 Å². The topological polar surface area (TPSA) is 78.5 Å². The zero-order valence-corrected chi connectivity index (χ0v) is 11.6. The third kappa shape index (κ3) is 1.88. The number of rotatable bonds is 2. The second-order valence-electron chi connectivity index (χ2n) is 5.98. The molecule has 1 unspecified atom stereocenters. The molecule has 1 saturated heterocycles. The van der Waals surface area contributed by atoms with Crippen molar-refractivity contribution in [1.82, 2.24) is 15.8 Å². The zero-order valence-electron chi connectivity index (χ0n) is 11.6. The lowest BCUT2D eigenvalue weighted by Gasteiger charge is -2.15. The van der Waals surface area contributed by atoms with Crippen LogP contribution < -0.4 is 10.7 Å². The fourth-order valence-electron chi connectivity index (χ4n) is 2.64. The number of halogens is 1. The van der Waals surface area contributed by atoms with Gasteiger partial charge >= 0.3 is 6.03 Å². The van der Waals surface area contributed by atoms with E-state index in [4.69, 9.17) is 0 Å². The van der Waals surface area contributed by atoms with Gasteiger partial charge in [-0.15, -0.1) is 0 Å². The molecule has 3 rings (SSSR count). The summed E-state index contributed by atoms with van der Waals surface area (Å²) in [4.78, 5) is 36.2. The Labute approximate surface area is 120 Å². The van der Waals surface area contributed by atoms with Crippen molar-refractivity contribution in [3.63, 3.8) is 0 Å². The highest BCUT2D eigenvalue weighted by Gasteiger charge is 2.72. The van der Waals surface area contributed by atoms with Gasteiger partial charge in [-0.2, -0.15) is 5.01 Å². The first-order valence-electron chi connectivity index (χ1n) is 6.50. The summed E-state index contributed by atoms with van der Waals surface area (Å²) in [5, 5.41) is 3.32. The molecule has 0 bridgehead atoms. The molecule has 21 heavy (non-hydrogen) atoms. The molecular formula is C14H14FN3O3. The number of carbonyl (C=O) groups is 3. The maximum absolute atomic E-state index is 12.8. The lowest BCUT2D eigenvalue weighted by molar-refractivity contribution is -0.130. The molecular weight excluding hydrogens is 277 g/mol. The number of nitrogens with zero attached hydrogens (tertiary/aromatic N) is 1. The minimum atomic E-state index is -0.917. The Morgan fingerprint density at radius 3 is 2.33 bits per heavy atom. The molecule has 2 aliphatic rings. The molecule has 0 radical (unpaired) electrons. The normalized spacial score (nSPS) is 26.0. The van der Waals surface area contributed by atoms with Crippen LogP contribution in [0.25, 0.3) is 0 Å². The van der Waals surface area contributed by atoms with Gasteiger partial charge in [-0.25, -0.2) is 9.18 Å². The van der Waals surface area contributed by atoms with Crippen LogP contribution in [-0.2, 0) is 4.79 Å². The summed E-state index contributed by atoms with van der Waals surface area (Å²) < 4.78 is 12.8. The van der Waals surface area contributed by atoms with Crippen molar-refractivity contribution in [2.75, 3.05) is 0 Å². The highest BCUT2D eigenvalue weighted by Crippen LogP contribution is 2.58. The summed E-state index contributed by atoms with van der Waals surface area (Å²) in [5.41, 5.74) is 1.18. The first kappa shape index (κ1) is 13.5. The molecule has 1 heterocycles. The Hall–Kier alpha value is -2.44. The first-order chi connectivity index (χ1) is 9.77. The Morgan fingerprint density at radius 2 is 1.86 bits per heavy atom. The number of hydrogen-bond acceptors (Lipinski definition) is 3. The summed E-state index contributed by atoms with van der Waals surface area (Å²) in [6.45, 7) is 3.74. The van der Waals surface area contributed by atoms with Crippen LogP contribution in [0.2, 0.25) is 0 Å². The molecule has 1 spiro atoms. The lowest BCUT2D eigenvalue weighted by atomic mass is 10.1. The van der Waals surface area contributed by atoms with Crippen molar-refractivity contribution in [3.05, 3.63) is 35.6 Å². The quantitative estimate of drug-likeness (QED) is 0.803. The third-order valence-corrected chi connectivity index (χ3v) is 4.15. The average Bonchev–Trinajstić information content (AvgIpc) is 2.89. The van der Waals surface area contributed by atoms with Crippen molar-refractivity contribution < 1.29 is 18.8 Å². The number of imide groups is 1. The molecule has 1 atom stereocenters. The van der Waals surface area contributed by atoms with E-state index in [0.29, 0.717) is 11.4 Å². The number of hydrazine groups is 1. The van der Waals surface area contributed by atoms with Crippen molar-refractivity contribution in [1.29, 1.82) is 0 Å². The van der Waals surface area contributed by atoms with Gasteiger partial charge < -0.3 is 5.32 Å². The van der Waals surface area contributed by atoms with E-state index in [9.17, 15) is 18.8 Å². The van der Waals surface area contributed by atoms with Crippen molar-refractivity contribution >= 4 is 17.8 Å². The molecule has 1 aliphatic carbocycles. The number of hydrogen-bond donors (Lipinski definition) is 2.